The molecule has 0 aliphatic carbocycles. The van der Waals surface area contributed by atoms with Gasteiger partial charge in [0.15, 0.2) is 23.5 Å². The molecule has 46 heavy (non-hydrogen) atoms. The molecular weight excluding hydrogens is 586 g/mol. The van der Waals surface area contributed by atoms with E-state index < -0.39 is 29.7 Å². The van der Waals surface area contributed by atoms with Crippen molar-refractivity contribution in [2.75, 3.05) is 18.4 Å². The van der Waals surface area contributed by atoms with E-state index in [9.17, 15) is 19.5 Å². The van der Waals surface area contributed by atoms with Gasteiger partial charge in [-0.3, -0.25) is 24.3 Å². The highest BCUT2D eigenvalue weighted by atomic mass is 16.5. The molecule has 3 aromatic rings. The van der Waals surface area contributed by atoms with Crippen LogP contribution in [0.15, 0.2) is 51.9 Å². The number of anilines is 1. The van der Waals surface area contributed by atoms with E-state index in [1.165, 1.54) is 0 Å². The Hall–Kier alpha value is -4.51. The summed E-state index contributed by atoms with van der Waals surface area (Å²) >= 11 is 0. The smallest absolute Gasteiger partial charge is 0.281 e. The van der Waals surface area contributed by atoms with Crippen LogP contribution in [0.1, 0.15) is 85.9 Å². The molecule has 11 heteroatoms. The highest BCUT2D eigenvalue weighted by Gasteiger charge is 2.61. The maximum absolute atomic E-state index is 14.4. The van der Waals surface area contributed by atoms with E-state index in [2.05, 4.69) is 15.6 Å². The number of aliphatic hydroxyl groups excluding tert-OH is 1. The van der Waals surface area contributed by atoms with Crippen molar-refractivity contribution in [1.82, 2.24) is 15.2 Å². The molecular formula is C35H39N5O6. The van der Waals surface area contributed by atoms with Crippen LogP contribution in [0.2, 0.25) is 0 Å². The number of ether oxygens (including phenoxy) is 1. The van der Waals surface area contributed by atoms with Crippen molar-refractivity contribution >= 4 is 29.1 Å². The Labute approximate surface area is 267 Å². The SMILES string of the molecule is CC1=NCCN1C(=O)c1nc2oc1C13c4ccccc4N[C@H]1Oc1ccc(cc13)CC(CC(=O)[C@@H](O)C(C)C)C(=O)N[C@H]2C(C)C. The van der Waals surface area contributed by atoms with Gasteiger partial charge in [0.2, 0.25) is 11.8 Å². The number of aliphatic imine (C=N–C) groups is 1. The highest BCUT2D eigenvalue weighted by Crippen LogP contribution is 2.58. The predicted molar refractivity (Wildman–Crippen MR) is 170 cm³/mol. The number of amides is 2. The van der Waals surface area contributed by atoms with E-state index in [0.29, 0.717) is 30.4 Å². The van der Waals surface area contributed by atoms with Gasteiger partial charge in [0.25, 0.3) is 5.91 Å². The number of carbonyl (C=O) groups is 3. The summed E-state index contributed by atoms with van der Waals surface area (Å²) in [5, 5.41) is 17.2. The van der Waals surface area contributed by atoms with Crippen molar-refractivity contribution < 1.29 is 28.6 Å². The molecule has 3 N–H and O–H groups in total. The molecule has 0 radical (unpaired) electrons. The molecule has 5 heterocycles. The minimum Gasteiger partial charge on any atom is -0.469 e. The number of carbonyl (C=O) groups excluding carboxylic acids is 3. The first-order valence-corrected chi connectivity index (χ1v) is 16.0. The van der Waals surface area contributed by atoms with E-state index >= 15 is 0 Å². The lowest BCUT2D eigenvalue weighted by Gasteiger charge is -2.29. The standard InChI is InChI=1S/C35H39N5O6/c1-17(2)27-32-39-28(33(44)40-13-12-36-19(40)5)30(46-32)35-22-8-6-7-9-24(22)37-34(35)45-26-11-10-20(15-23(26)35)14-21(31(43)38-27)16-25(41)29(42)18(3)4/h6-11,15,17-18,21,27,29,34,37,42H,12-14,16H2,1-5H3,(H,38,43)/t21?,27-,29-,34-,35?/m0/s1. The van der Waals surface area contributed by atoms with Crippen molar-refractivity contribution in [1.29, 1.82) is 0 Å². The largest absolute Gasteiger partial charge is 0.469 e. The molecule has 4 aliphatic heterocycles. The van der Waals surface area contributed by atoms with Gasteiger partial charge < -0.3 is 24.9 Å². The maximum Gasteiger partial charge on any atom is 0.281 e. The predicted octanol–water partition coefficient (Wildman–Crippen LogP) is 3.99. The fourth-order valence-electron chi connectivity index (χ4n) is 7.23. The lowest BCUT2D eigenvalue weighted by Crippen LogP contribution is -2.42. The van der Waals surface area contributed by atoms with E-state index in [4.69, 9.17) is 14.1 Å². The number of nitrogens with one attached hydrogen (secondary N) is 2. The Morgan fingerprint density at radius 2 is 1.89 bits per heavy atom. The van der Waals surface area contributed by atoms with Gasteiger partial charge in [-0.1, -0.05) is 58.0 Å². The van der Waals surface area contributed by atoms with Gasteiger partial charge >= 0.3 is 0 Å². The topological polar surface area (TPSA) is 146 Å². The fourth-order valence-corrected chi connectivity index (χ4v) is 7.23. The van der Waals surface area contributed by atoms with Gasteiger partial charge in [-0.25, -0.2) is 4.98 Å². The van der Waals surface area contributed by atoms with Gasteiger partial charge in [-0.05, 0) is 48.4 Å². The molecule has 1 aromatic heterocycles. The third-order valence-corrected chi connectivity index (χ3v) is 9.74. The number of hydrogen-bond acceptors (Lipinski definition) is 9. The van der Waals surface area contributed by atoms with E-state index in [-0.39, 0.29) is 53.9 Å². The van der Waals surface area contributed by atoms with Crippen molar-refractivity contribution in [3.05, 3.63) is 76.5 Å². The van der Waals surface area contributed by atoms with Crippen molar-refractivity contribution in [2.45, 2.75) is 71.2 Å². The number of aliphatic hydroxyl groups is 1. The van der Waals surface area contributed by atoms with Crippen molar-refractivity contribution in [3.8, 4) is 5.75 Å². The van der Waals surface area contributed by atoms with Gasteiger partial charge in [-0.2, -0.15) is 0 Å². The molecule has 4 aliphatic rings. The molecule has 5 atom stereocenters. The molecule has 240 valence electrons. The van der Waals surface area contributed by atoms with E-state index in [1.54, 1.807) is 25.7 Å². The molecule has 2 aromatic carbocycles. The van der Waals surface area contributed by atoms with Crippen LogP contribution in [0.5, 0.6) is 5.75 Å². The monoisotopic (exact) mass is 625 g/mol. The van der Waals surface area contributed by atoms with Gasteiger partial charge in [0, 0.05) is 30.1 Å². The van der Waals surface area contributed by atoms with Crippen LogP contribution in [0.3, 0.4) is 0 Å². The molecule has 11 nitrogen and oxygen atoms in total. The second-order valence-electron chi connectivity index (χ2n) is 13.4. The summed E-state index contributed by atoms with van der Waals surface area (Å²) in [6.07, 6.45) is -1.67. The zero-order chi connectivity index (χ0) is 32.5. The van der Waals surface area contributed by atoms with Crippen molar-refractivity contribution in [3.63, 3.8) is 0 Å². The number of benzene rings is 2. The van der Waals surface area contributed by atoms with Gasteiger partial charge in [0.05, 0.1) is 6.54 Å². The van der Waals surface area contributed by atoms with Crippen LogP contribution in [0.25, 0.3) is 0 Å². The number of oxazole rings is 1. The Balaban J connectivity index is 1.46. The number of ketones is 1. The van der Waals surface area contributed by atoms with E-state index in [1.807, 2.05) is 56.3 Å². The summed E-state index contributed by atoms with van der Waals surface area (Å²) in [5.41, 5.74) is 2.40. The number of amidine groups is 1. The number of fused-ring (bicyclic) bond motifs is 4. The first kappa shape index (κ1) is 30.2. The second kappa shape index (κ2) is 11.1. The summed E-state index contributed by atoms with van der Waals surface area (Å²) < 4.78 is 13.3. The van der Waals surface area contributed by atoms with Crippen LogP contribution < -0.4 is 15.4 Å². The summed E-state index contributed by atoms with van der Waals surface area (Å²) in [6.45, 7) is 10.2. The summed E-state index contributed by atoms with van der Waals surface area (Å²) in [7, 11) is 0. The van der Waals surface area contributed by atoms with Crippen LogP contribution in [-0.2, 0) is 21.4 Å². The maximum atomic E-state index is 14.4. The molecule has 2 unspecified atom stereocenters. The average molecular weight is 626 g/mol. The second-order valence-corrected chi connectivity index (χ2v) is 13.4. The number of rotatable bonds is 6. The minimum atomic E-state index is -1.17. The lowest BCUT2D eigenvalue weighted by molar-refractivity contribution is -0.135. The molecule has 2 amide bonds. The number of para-hydroxylation sites is 1. The minimum absolute atomic E-state index is 0.129. The molecule has 0 fully saturated rings. The number of hydrogen-bond donors (Lipinski definition) is 3. The quantitative estimate of drug-likeness (QED) is 0.373. The fraction of sp³-hybridized carbons (Fsp3) is 0.457. The molecule has 0 saturated heterocycles. The Morgan fingerprint density at radius 1 is 1.11 bits per heavy atom. The lowest BCUT2D eigenvalue weighted by atomic mass is 9.72. The molecule has 4 bridgehead atoms. The van der Waals surface area contributed by atoms with Gasteiger partial charge in [-0.15, -0.1) is 0 Å². The van der Waals surface area contributed by atoms with Crippen LogP contribution in [-0.4, -0.2) is 63.8 Å². The summed E-state index contributed by atoms with van der Waals surface area (Å²) in [5.74, 6) is -0.512. The molecule has 0 saturated carbocycles. The first-order chi connectivity index (χ1) is 22.0. The zero-order valence-electron chi connectivity index (χ0n) is 26.7. The zero-order valence-corrected chi connectivity index (χ0v) is 26.7. The summed E-state index contributed by atoms with van der Waals surface area (Å²) in [6, 6.07) is 12.9. The first-order valence-electron chi connectivity index (χ1n) is 16.0. The van der Waals surface area contributed by atoms with Crippen LogP contribution in [0, 0.1) is 17.8 Å². The number of Topliss-reactive ketones (excluding diaryl/α,β-unsaturated/α-hetero) is 1. The van der Waals surface area contributed by atoms with Gasteiger partial charge in [0.1, 0.15) is 29.1 Å². The molecule has 7 rings (SSSR count). The van der Waals surface area contributed by atoms with Crippen LogP contribution in [0.4, 0.5) is 5.69 Å². The third-order valence-electron chi connectivity index (χ3n) is 9.74. The molecule has 1 spiro atoms. The summed E-state index contributed by atoms with van der Waals surface area (Å²) in [4.78, 5) is 52.4. The van der Waals surface area contributed by atoms with E-state index in [0.717, 1.165) is 22.4 Å². The Kier molecular flexibility index (Phi) is 7.26. The normalized spacial score (nSPS) is 25.1. The number of aromatic nitrogens is 1. The number of nitrogens with zero attached hydrogens (tertiary/aromatic N) is 3. The average Bonchev–Trinajstić information content (AvgIpc) is 3.79. The van der Waals surface area contributed by atoms with Crippen molar-refractivity contribution in [2.24, 2.45) is 22.7 Å². The highest BCUT2D eigenvalue weighted by molar-refractivity contribution is 6.06. The van der Waals surface area contributed by atoms with Crippen LogP contribution >= 0.6 is 0 Å². The third kappa shape index (κ3) is 4.54. The Morgan fingerprint density at radius 3 is 2.61 bits per heavy atom. The Bertz CT molecular complexity index is 1780.